The molecule has 1 amide bonds. The Morgan fingerprint density at radius 2 is 2.09 bits per heavy atom. The molecule has 6 rings (SSSR count). The van der Waals surface area contributed by atoms with Crippen LogP contribution >= 0.6 is 11.6 Å². The van der Waals surface area contributed by atoms with Crippen molar-refractivity contribution in [3.05, 3.63) is 53.3 Å². The first kappa shape index (κ1) is 22.0. The first-order valence-corrected chi connectivity index (χ1v) is 12.3. The van der Waals surface area contributed by atoms with Crippen molar-refractivity contribution < 1.29 is 9.53 Å². The fourth-order valence-corrected chi connectivity index (χ4v) is 5.21. The number of carbonyl (C=O) groups excluding carboxylic acids is 1. The summed E-state index contributed by atoms with van der Waals surface area (Å²) in [5.74, 6) is -0.142. The van der Waals surface area contributed by atoms with E-state index >= 15 is 0 Å². The van der Waals surface area contributed by atoms with Gasteiger partial charge in [0.2, 0.25) is 5.91 Å². The van der Waals surface area contributed by atoms with Crippen molar-refractivity contribution in [2.45, 2.75) is 38.8 Å². The largest absolute Gasteiger partial charge is 0.356 e. The zero-order valence-electron chi connectivity index (χ0n) is 19.3. The SMILES string of the molecule is Cc1cc2c(cnn2C2CCCCO2)cc1-c1cc(Cl)c2cnc(NC(=O)C3CC3C#N)cc2c1. The molecule has 1 N–H and O–H groups in total. The number of aromatic nitrogens is 3. The molecule has 1 aliphatic carbocycles. The van der Waals surface area contributed by atoms with Gasteiger partial charge in [-0.25, -0.2) is 9.67 Å². The third-order valence-corrected chi connectivity index (χ3v) is 7.32. The van der Waals surface area contributed by atoms with E-state index in [-0.39, 0.29) is 24.0 Å². The number of halogens is 1. The number of nitrogens with one attached hydrogen (secondary N) is 1. The molecule has 2 fully saturated rings. The zero-order valence-corrected chi connectivity index (χ0v) is 20.0. The Bertz CT molecular complexity index is 1520. The van der Waals surface area contributed by atoms with Gasteiger partial charge in [0.05, 0.1) is 34.6 Å². The van der Waals surface area contributed by atoms with Gasteiger partial charge < -0.3 is 10.1 Å². The maximum atomic E-state index is 12.4. The molecule has 2 aromatic carbocycles. The lowest BCUT2D eigenvalue weighted by molar-refractivity contribution is -0.117. The van der Waals surface area contributed by atoms with Crippen LogP contribution in [0.5, 0.6) is 0 Å². The van der Waals surface area contributed by atoms with Crippen molar-refractivity contribution in [1.82, 2.24) is 14.8 Å². The van der Waals surface area contributed by atoms with Crippen LogP contribution in [0.15, 0.2) is 42.7 Å². The average molecular weight is 486 g/mol. The number of hydrogen-bond donors (Lipinski definition) is 1. The summed E-state index contributed by atoms with van der Waals surface area (Å²) in [6.07, 6.45) is 7.39. The molecule has 7 nitrogen and oxygen atoms in total. The van der Waals surface area contributed by atoms with E-state index in [4.69, 9.17) is 21.6 Å². The van der Waals surface area contributed by atoms with Crippen LogP contribution in [0.2, 0.25) is 5.02 Å². The van der Waals surface area contributed by atoms with Gasteiger partial charge in [-0.2, -0.15) is 10.4 Å². The summed E-state index contributed by atoms with van der Waals surface area (Å²) in [4.78, 5) is 16.7. The second-order valence-electron chi connectivity index (χ2n) is 9.45. The van der Waals surface area contributed by atoms with Crippen LogP contribution in [0.1, 0.15) is 37.5 Å². The number of amides is 1. The first-order chi connectivity index (χ1) is 17.0. The fraction of sp³-hybridized carbons (Fsp3) is 0.333. The number of ether oxygens (including phenoxy) is 1. The monoisotopic (exact) mass is 485 g/mol. The number of rotatable bonds is 4. The first-order valence-electron chi connectivity index (χ1n) is 11.9. The van der Waals surface area contributed by atoms with Gasteiger partial charge in [0.15, 0.2) is 6.23 Å². The Kier molecular flexibility index (Phi) is 5.43. The summed E-state index contributed by atoms with van der Waals surface area (Å²) in [6, 6.07) is 12.3. The smallest absolute Gasteiger partial charge is 0.230 e. The van der Waals surface area contributed by atoms with Crippen molar-refractivity contribution >= 4 is 45.0 Å². The number of hydrogen-bond acceptors (Lipinski definition) is 5. The third kappa shape index (κ3) is 4.03. The minimum Gasteiger partial charge on any atom is -0.356 e. The van der Waals surface area contributed by atoms with Crippen LogP contribution in [-0.4, -0.2) is 27.3 Å². The highest BCUT2D eigenvalue weighted by molar-refractivity contribution is 6.36. The van der Waals surface area contributed by atoms with Crippen LogP contribution in [-0.2, 0) is 9.53 Å². The molecule has 3 unspecified atom stereocenters. The number of nitriles is 1. The van der Waals surface area contributed by atoms with Gasteiger partial charge in [-0.1, -0.05) is 11.6 Å². The maximum absolute atomic E-state index is 12.4. The van der Waals surface area contributed by atoms with Gasteiger partial charge in [0, 0.05) is 23.6 Å². The molecule has 0 radical (unpaired) electrons. The Labute approximate surface area is 207 Å². The number of pyridine rings is 1. The van der Waals surface area contributed by atoms with Crippen LogP contribution in [0, 0.1) is 30.1 Å². The minimum absolute atomic E-state index is 0.0122. The van der Waals surface area contributed by atoms with E-state index in [1.54, 1.807) is 6.20 Å². The summed E-state index contributed by atoms with van der Waals surface area (Å²) >= 11 is 6.65. The summed E-state index contributed by atoms with van der Waals surface area (Å²) in [5, 5.41) is 19.8. The van der Waals surface area contributed by atoms with E-state index in [1.165, 1.54) is 0 Å². The van der Waals surface area contributed by atoms with Crippen LogP contribution in [0.25, 0.3) is 32.8 Å². The highest BCUT2D eigenvalue weighted by Gasteiger charge is 2.43. The van der Waals surface area contributed by atoms with E-state index in [1.807, 2.05) is 23.0 Å². The lowest BCUT2D eigenvalue weighted by Crippen LogP contribution is -2.18. The molecule has 2 aromatic heterocycles. The van der Waals surface area contributed by atoms with Gasteiger partial charge in [-0.3, -0.25) is 4.79 Å². The second kappa shape index (κ2) is 8.63. The van der Waals surface area contributed by atoms with Crippen molar-refractivity contribution in [2.24, 2.45) is 11.8 Å². The molecule has 176 valence electrons. The number of aryl methyl sites for hydroxylation is 1. The molecule has 0 spiro atoms. The summed E-state index contributed by atoms with van der Waals surface area (Å²) in [7, 11) is 0. The van der Waals surface area contributed by atoms with Crippen molar-refractivity contribution in [3.8, 4) is 17.2 Å². The van der Waals surface area contributed by atoms with Crippen LogP contribution in [0.4, 0.5) is 5.82 Å². The Hall–Kier alpha value is -3.47. The van der Waals surface area contributed by atoms with Crippen LogP contribution < -0.4 is 5.32 Å². The van der Waals surface area contributed by atoms with Gasteiger partial charge in [-0.15, -0.1) is 0 Å². The summed E-state index contributed by atoms with van der Waals surface area (Å²) in [5.41, 5.74) is 4.24. The Balaban J connectivity index is 1.35. The molecule has 1 saturated carbocycles. The second-order valence-corrected chi connectivity index (χ2v) is 9.86. The fourth-order valence-electron chi connectivity index (χ4n) is 4.94. The standard InChI is InChI=1S/C27H24ClN5O2/c1-15-6-24-19(13-31-33(24)26-4-2-3-5-35-26)9-20(15)16-7-17-11-25(30-14-22(17)23(28)10-16)32-27(34)21-8-18(21)12-29/h6-7,9-11,13-14,18,21,26H,2-5,8H2,1H3,(H,30,32,34). The van der Waals surface area contributed by atoms with E-state index in [0.717, 1.165) is 64.2 Å². The average Bonchev–Trinajstić information content (AvgIpc) is 3.56. The number of carbonyl (C=O) groups is 1. The Morgan fingerprint density at radius 3 is 2.86 bits per heavy atom. The van der Waals surface area contributed by atoms with E-state index < -0.39 is 0 Å². The van der Waals surface area contributed by atoms with Gasteiger partial charge in [0.25, 0.3) is 0 Å². The summed E-state index contributed by atoms with van der Waals surface area (Å²) < 4.78 is 7.95. The molecule has 8 heteroatoms. The predicted molar refractivity (Wildman–Crippen MR) is 135 cm³/mol. The molecule has 1 saturated heterocycles. The van der Waals surface area contributed by atoms with Crippen molar-refractivity contribution in [1.29, 1.82) is 5.26 Å². The molecule has 4 aromatic rings. The molecule has 35 heavy (non-hydrogen) atoms. The molecule has 0 bridgehead atoms. The topological polar surface area (TPSA) is 92.8 Å². The van der Waals surface area contributed by atoms with E-state index in [2.05, 4.69) is 46.6 Å². The maximum Gasteiger partial charge on any atom is 0.230 e. The number of anilines is 1. The lowest BCUT2D eigenvalue weighted by atomic mass is 9.97. The number of nitrogens with zero attached hydrogens (tertiary/aromatic N) is 4. The molecular weight excluding hydrogens is 462 g/mol. The quantitative estimate of drug-likeness (QED) is 0.382. The molecule has 3 heterocycles. The van der Waals surface area contributed by atoms with E-state index in [9.17, 15) is 4.79 Å². The predicted octanol–water partition coefficient (Wildman–Crippen LogP) is 6.01. The molecule has 1 aliphatic heterocycles. The van der Waals surface area contributed by atoms with E-state index in [0.29, 0.717) is 17.3 Å². The summed E-state index contributed by atoms with van der Waals surface area (Å²) in [6.45, 7) is 2.86. The van der Waals surface area contributed by atoms with Gasteiger partial charge in [0.1, 0.15) is 5.82 Å². The lowest BCUT2D eigenvalue weighted by Gasteiger charge is -2.23. The third-order valence-electron chi connectivity index (χ3n) is 7.01. The van der Waals surface area contributed by atoms with Crippen molar-refractivity contribution in [2.75, 3.05) is 11.9 Å². The number of fused-ring (bicyclic) bond motifs is 2. The Morgan fingerprint density at radius 1 is 1.20 bits per heavy atom. The van der Waals surface area contributed by atoms with Gasteiger partial charge in [-0.05, 0) is 85.0 Å². The minimum atomic E-state index is -0.248. The molecule has 2 aliphatic rings. The molecular formula is C27H24ClN5O2. The normalized spacial score (nSPS) is 21.7. The highest BCUT2D eigenvalue weighted by Crippen LogP contribution is 2.39. The number of benzene rings is 2. The molecule has 3 atom stereocenters. The highest BCUT2D eigenvalue weighted by atomic mass is 35.5. The van der Waals surface area contributed by atoms with Crippen LogP contribution in [0.3, 0.4) is 0 Å². The van der Waals surface area contributed by atoms with Gasteiger partial charge >= 0.3 is 0 Å². The van der Waals surface area contributed by atoms with Crippen molar-refractivity contribution in [3.63, 3.8) is 0 Å². The zero-order chi connectivity index (χ0) is 24.1.